The Bertz CT molecular complexity index is 1350. The van der Waals surface area contributed by atoms with Crippen molar-refractivity contribution in [3.63, 3.8) is 0 Å². The molecule has 1 aromatic carbocycles. The number of nitrogens with one attached hydrogen (secondary N) is 1. The number of rotatable bonds is 6. The number of nitrogens with zero attached hydrogens (tertiary/aromatic N) is 6. The number of anilines is 1. The molecular formula is C27H32BrN7O2. The molecule has 2 saturated heterocycles. The molecule has 4 aromatic rings. The van der Waals surface area contributed by atoms with Crippen LogP contribution < -0.4 is 4.90 Å². The second-order valence-electron chi connectivity index (χ2n) is 9.89. The molecule has 2 aliphatic heterocycles. The number of benzene rings is 1. The highest BCUT2D eigenvalue weighted by molar-refractivity contribution is 9.10. The van der Waals surface area contributed by atoms with Gasteiger partial charge < -0.3 is 19.1 Å². The second-order valence-corrected chi connectivity index (χ2v) is 10.7. The Morgan fingerprint density at radius 1 is 0.946 bits per heavy atom. The van der Waals surface area contributed by atoms with Gasteiger partial charge in [-0.15, -0.1) is 0 Å². The first-order valence-electron chi connectivity index (χ1n) is 12.9. The Balaban J connectivity index is 1.18. The van der Waals surface area contributed by atoms with Crippen molar-refractivity contribution < 1.29 is 9.26 Å². The van der Waals surface area contributed by atoms with Crippen LogP contribution in [0.5, 0.6) is 0 Å². The van der Waals surface area contributed by atoms with E-state index in [2.05, 4.69) is 70.0 Å². The molecule has 0 radical (unpaired) electrons. The standard InChI is InChI=1S/C27H32BrN7O2/c1-18-22(19(2)37-32-18)17-33-7-9-35(10-8-33)25-23(28)15-29-27-24(25)30-26(31-27)21-5-3-20(4-6-21)16-34-11-13-36-14-12-34/h3-6,15H,7-14,16-17H2,1-2H3,(H,29,30,31). The molecule has 0 atom stereocenters. The summed E-state index contributed by atoms with van der Waals surface area (Å²) in [6, 6.07) is 8.69. The van der Waals surface area contributed by atoms with Crippen LogP contribution in [0.1, 0.15) is 22.6 Å². The molecule has 0 spiro atoms. The summed E-state index contributed by atoms with van der Waals surface area (Å²) < 4.78 is 11.8. The first-order valence-corrected chi connectivity index (χ1v) is 13.7. The zero-order valence-corrected chi connectivity index (χ0v) is 22.9. The van der Waals surface area contributed by atoms with Gasteiger partial charge in [-0.3, -0.25) is 9.80 Å². The topological polar surface area (TPSA) is 86.6 Å². The van der Waals surface area contributed by atoms with Gasteiger partial charge in [0.05, 0.1) is 29.1 Å². The minimum Gasteiger partial charge on any atom is -0.379 e. The lowest BCUT2D eigenvalue weighted by Crippen LogP contribution is -2.46. The number of aryl methyl sites for hydroxylation is 2. The molecule has 0 unspecified atom stereocenters. The SMILES string of the molecule is Cc1noc(C)c1CN1CCN(c2c(Br)cnc3[nH]c(-c4ccc(CN5CCOCC5)cc4)nc23)CC1. The summed E-state index contributed by atoms with van der Waals surface area (Å²) in [5.74, 6) is 1.76. The summed E-state index contributed by atoms with van der Waals surface area (Å²) in [5, 5.41) is 4.10. The van der Waals surface area contributed by atoms with Gasteiger partial charge in [-0.1, -0.05) is 29.4 Å². The van der Waals surface area contributed by atoms with Crippen LogP contribution in [0.2, 0.25) is 0 Å². The molecule has 2 fully saturated rings. The molecule has 0 aliphatic carbocycles. The number of halogens is 1. The van der Waals surface area contributed by atoms with Crippen LogP contribution in [0, 0.1) is 13.8 Å². The maximum atomic E-state index is 5.46. The molecule has 0 amide bonds. The fraction of sp³-hybridized carbons (Fsp3) is 0.444. The third kappa shape index (κ3) is 5.16. The molecule has 194 valence electrons. The van der Waals surface area contributed by atoms with Crippen molar-refractivity contribution in [2.45, 2.75) is 26.9 Å². The Hall–Kier alpha value is -2.79. The Labute approximate surface area is 224 Å². The van der Waals surface area contributed by atoms with Crippen LogP contribution in [0.3, 0.4) is 0 Å². The van der Waals surface area contributed by atoms with Gasteiger partial charge in [-0.25, -0.2) is 9.97 Å². The lowest BCUT2D eigenvalue weighted by atomic mass is 10.1. The average molecular weight is 567 g/mol. The van der Waals surface area contributed by atoms with E-state index in [0.29, 0.717) is 0 Å². The van der Waals surface area contributed by atoms with Crippen LogP contribution in [-0.4, -0.2) is 82.4 Å². The molecule has 10 heteroatoms. The number of piperazine rings is 1. The van der Waals surface area contributed by atoms with E-state index < -0.39 is 0 Å². The van der Waals surface area contributed by atoms with Crippen molar-refractivity contribution in [3.05, 3.63) is 57.5 Å². The van der Waals surface area contributed by atoms with E-state index in [1.165, 1.54) is 11.1 Å². The minimum absolute atomic E-state index is 0.809. The number of imidazole rings is 1. The highest BCUT2D eigenvalue weighted by Crippen LogP contribution is 2.34. The highest BCUT2D eigenvalue weighted by atomic mass is 79.9. The Morgan fingerprint density at radius 2 is 1.68 bits per heavy atom. The maximum Gasteiger partial charge on any atom is 0.159 e. The largest absolute Gasteiger partial charge is 0.379 e. The molecule has 0 bridgehead atoms. The van der Waals surface area contributed by atoms with Gasteiger partial charge in [0.2, 0.25) is 0 Å². The van der Waals surface area contributed by atoms with Crippen LogP contribution in [0.15, 0.2) is 39.5 Å². The van der Waals surface area contributed by atoms with E-state index in [1.807, 2.05) is 20.0 Å². The zero-order valence-electron chi connectivity index (χ0n) is 21.3. The molecule has 37 heavy (non-hydrogen) atoms. The number of aromatic amines is 1. The highest BCUT2D eigenvalue weighted by Gasteiger charge is 2.24. The van der Waals surface area contributed by atoms with Gasteiger partial charge in [-0.05, 0) is 35.3 Å². The van der Waals surface area contributed by atoms with Gasteiger partial charge in [0.25, 0.3) is 0 Å². The Morgan fingerprint density at radius 3 is 2.38 bits per heavy atom. The van der Waals surface area contributed by atoms with Crippen molar-refractivity contribution in [2.24, 2.45) is 0 Å². The Kier molecular flexibility index (Phi) is 6.98. The molecule has 5 heterocycles. The lowest BCUT2D eigenvalue weighted by molar-refractivity contribution is 0.0342. The summed E-state index contributed by atoms with van der Waals surface area (Å²) in [6.07, 6.45) is 1.88. The molecular weight excluding hydrogens is 534 g/mol. The number of hydrogen-bond donors (Lipinski definition) is 1. The van der Waals surface area contributed by atoms with Gasteiger partial charge >= 0.3 is 0 Å². The second kappa shape index (κ2) is 10.5. The van der Waals surface area contributed by atoms with Crippen LogP contribution >= 0.6 is 15.9 Å². The van der Waals surface area contributed by atoms with Crippen molar-refractivity contribution in [1.82, 2.24) is 29.9 Å². The third-order valence-electron chi connectivity index (χ3n) is 7.43. The molecule has 9 nitrogen and oxygen atoms in total. The fourth-order valence-corrected chi connectivity index (χ4v) is 5.76. The zero-order chi connectivity index (χ0) is 25.4. The predicted molar refractivity (Wildman–Crippen MR) is 147 cm³/mol. The van der Waals surface area contributed by atoms with Crippen LogP contribution in [-0.2, 0) is 17.8 Å². The summed E-state index contributed by atoms with van der Waals surface area (Å²) in [7, 11) is 0. The smallest absolute Gasteiger partial charge is 0.159 e. The summed E-state index contributed by atoms with van der Waals surface area (Å²) >= 11 is 3.75. The van der Waals surface area contributed by atoms with Gasteiger partial charge in [-0.2, -0.15) is 0 Å². The van der Waals surface area contributed by atoms with Crippen molar-refractivity contribution in [2.75, 3.05) is 57.4 Å². The van der Waals surface area contributed by atoms with Crippen molar-refractivity contribution in [3.8, 4) is 11.4 Å². The molecule has 2 aliphatic rings. The first-order chi connectivity index (χ1) is 18.0. The van der Waals surface area contributed by atoms with E-state index in [4.69, 9.17) is 14.2 Å². The number of aromatic nitrogens is 4. The number of H-pyrrole nitrogens is 1. The molecule has 3 aromatic heterocycles. The summed E-state index contributed by atoms with van der Waals surface area (Å²) in [6.45, 7) is 13.2. The van der Waals surface area contributed by atoms with Gasteiger partial charge in [0.15, 0.2) is 5.65 Å². The van der Waals surface area contributed by atoms with Gasteiger partial charge in [0.1, 0.15) is 17.1 Å². The summed E-state index contributed by atoms with van der Waals surface area (Å²) in [5.41, 5.74) is 7.37. The number of morpholine rings is 1. The van der Waals surface area contributed by atoms with E-state index in [9.17, 15) is 0 Å². The number of ether oxygens (including phenoxy) is 1. The first kappa shape index (κ1) is 24.5. The fourth-order valence-electron chi connectivity index (χ4n) is 5.22. The normalized spacial score (nSPS) is 17.6. The number of fused-ring (bicyclic) bond motifs is 1. The lowest BCUT2D eigenvalue weighted by Gasteiger charge is -2.36. The molecule has 6 rings (SSSR count). The van der Waals surface area contributed by atoms with E-state index in [-0.39, 0.29) is 0 Å². The van der Waals surface area contributed by atoms with Crippen molar-refractivity contribution in [1.29, 1.82) is 0 Å². The van der Waals surface area contributed by atoms with E-state index in [0.717, 1.165) is 110 Å². The number of pyridine rings is 1. The quantitative estimate of drug-likeness (QED) is 0.373. The van der Waals surface area contributed by atoms with Crippen molar-refractivity contribution >= 4 is 32.8 Å². The van der Waals surface area contributed by atoms with E-state index >= 15 is 0 Å². The van der Waals surface area contributed by atoms with E-state index in [1.54, 1.807) is 0 Å². The predicted octanol–water partition coefficient (Wildman–Crippen LogP) is 4.15. The molecule has 1 N–H and O–H groups in total. The molecule has 0 saturated carbocycles. The minimum atomic E-state index is 0.809. The van der Waals surface area contributed by atoms with Gasteiger partial charge in [0, 0.05) is 69.7 Å². The average Bonchev–Trinajstić information content (AvgIpc) is 3.49. The third-order valence-corrected chi connectivity index (χ3v) is 8.01. The summed E-state index contributed by atoms with van der Waals surface area (Å²) in [4.78, 5) is 20.4. The monoisotopic (exact) mass is 565 g/mol. The van der Waals surface area contributed by atoms with Crippen LogP contribution in [0.4, 0.5) is 5.69 Å². The van der Waals surface area contributed by atoms with Crippen LogP contribution in [0.25, 0.3) is 22.6 Å². The number of hydrogen-bond acceptors (Lipinski definition) is 8. The maximum absolute atomic E-state index is 5.46.